The number of hydrogen-bond acceptors (Lipinski definition) is 6. The first-order valence-electron chi connectivity index (χ1n) is 34.1. The summed E-state index contributed by atoms with van der Waals surface area (Å²) < 4.78 is 16.9. The molecule has 0 aliphatic rings. The molecule has 6 heteroatoms. The first kappa shape index (κ1) is 75.6. The molecule has 0 aromatic heterocycles. The van der Waals surface area contributed by atoms with Crippen LogP contribution in [0, 0.1) is 0 Å². The summed E-state index contributed by atoms with van der Waals surface area (Å²) in [6.07, 6.45) is 88.9. The van der Waals surface area contributed by atoms with Gasteiger partial charge in [-0.1, -0.05) is 292 Å². The summed E-state index contributed by atoms with van der Waals surface area (Å²) in [5, 5.41) is 0. The van der Waals surface area contributed by atoms with Crippen LogP contribution in [0.3, 0.4) is 0 Å². The van der Waals surface area contributed by atoms with Gasteiger partial charge in [-0.05, 0) is 116 Å². The zero-order valence-electron chi connectivity index (χ0n) is 52.4. The molecule has 1 atom stereocenters. The van der Waals surface area contributed by atoms with Crippen molar-refractivity contribution in [2.45, 2.75) is 348 Å². The molecule has 0 N–H and O–H groups in total. The largest absolute Gasteiger partial charge is 0.462 e. The van der Waals surface area contributed by atoms with Crippen LogP contribution in [0.4, 0.5) is 0 Å². The minimum Gasteiger partial charge on any atom is -0.462 e. The summed E-state index contributed by atoms with van der Waals surface area (Å²) in [5.74, 6) is -0.888. The molecule has 0 radical (unpaired) electrons. The average Bonchev–Trinajstić information content (AvgIpc) is 3.45. The van der Waals surface area contributed by atoms with Gasteiger partial charge < -0.3 is 14.2 Å². The zero-order chi connectivity index (χ0) is 57.1. The fourth-order valence-corrected chi connectivity index (χ4v) is 9.76. The van der Waals surface area contributed by atoms with Crippen LogP contribution in [0.2, 0.25) is 0 Å². The second-order valence-electron chi connectivity index (χ2n) is 22.7. The van der Waals surface area contributed by atoms with Crippen LogP contribution in [0.25, 0.3) is 0 Å². The van der Waals surface area contributed by atoms with Crippen molar-refractivity contribution in [3.63, 3.8) is 0 Å². The van der Waals surface area contributed by atoms with Gasteiger partial charge >= 0.3 is 17.9 Å². The minimum absolute atomic E-state index is 0.0813. The Morgan fingerprint density at radius 3 is 0.797 bits per heavy atom. The summed E-state index contributed by atoms with van der Waals surface area (Å²) in [6.45, 7) is 6.52. The normalized spacial score (nSPS) is 12.6. The molecule has 0 bridgehead atoms. The third-order valence-corrected chi connectivity index (χ3v) is 14.9. The van der Waals surface area contributed by atoms with Crippen LogP contribution < -0.4 is 0 Å². The Morgan fingerprint density at radius 2 is 0.494 bits per heavy atom. The molecule has 0 saturated heterocycles. The van der Waals surface area contributed by atoms with E-state index in [1.54, 1.807) is 0 Å². The summed E-state index contributed by atoms with van der Waals surface area (Å²) in [5.41, 5.74) is 0. The number of ether oxygens (including phenoxy) is 3. The van der Waals surface area contributed by atoms with E-state index in [0.29, 0.717) is 19.3 Å². The predicted molar refractivity (Wildman–Crippen MR) is 344 cm³/mol. The van der Waals surface area contributed by atoms with Crippen LogP contribution in [-0.4, -0.2) is 37.2 Å². The smallest absolute Gasteiger partial charge is 0.306 e. The standard InChI is InChI=1S/C73H128O6/c1-4-7-10-13-16-19-22-25-28-30-31-32-33-34-35-36-37-38-39-40-41-42-43-44-46-48-51-54-57-60-63-66-72(75)78-69-70(68-77-71(74)65-62-59-56-53-50-47-27-24-21-18-15-12-9-6-3)79-73(76)67-64-61-58-55-52-49-45-29-26-23-20-17-14-11-8-5-2/h7,10,16,19-20,23-25,27-29,31-32,45,70H,4-6,8-9,11-15,17-18,21-22,26,30,33-44,46-69H2,1-3H3/b10-7-,19-16-,23-20-,27-24-,28-25-,32-31-,45-29-. The lowest BCUT2D eigenvalue weighted by Gasteiger charge is -2.18. The summed E-state index contributed by atoms with van der Waals surface area (Å²) >= 11 is 0. The van der Waals surface area contributed by atoms with Gasteiger partial charge in [0.2, 0.25) is 0 Å². The van der Waals surface area contributed by atoms with Crippen molar-refractivity contribution < 1.29 is 28.6 Å². The van der Waals surface area contributed by atoms with E-state index in [2.05, 4.69) is 106 Å². The van der Waals surface area contributed by atoms with Crippen LogP contribution in [0.5, 0.6) is 0 Å². The third kappa shape index (κ3) is 65.3. The quantitative estimate of drug-likeness (QED) is 0.0261. The van der Waals surface area contributed by atoms with E-state index in [4.69, 9.17) is 14.2 Å². The molecule has 0 aliphatic heterocycles. The Morgan fingerprint density at radius 1 is 0.266 bits per heavy atom. The number of allylic oxidation sites excluding steroid dienone is 14. The number of carbonyl (C=O) groups is 3. The second-order valence-corrected chi connectivity index (χ2v) is 22.7. The van der Waals surface area contributed by atoms with E-state index in [1.165, 1.54) is 186 Å². The van der Waals surface area contributed by atoms with E-state index in [9.17, 15) is 14.4 Å². The number of unbranched alkanes of at least 4 members (excludes halogenated alkanes) is 37. The van der Waals surface area contributed by atoms with E-state index in [1.807, 2.05) is 0 Å². The maximum Gasteiger partial charge on any atom is 0.306 e. The van der Waals surface area contributed by atoms with E-state index in [-0.39, 0.29) is 31.1 Å². The van der Waals surface area contributed by atoms with Crippen molar-refractivity contribution in [3.8, 4) is 0 Å². The zero-order valence-corrected chi connectivity index (χ0v) is 52.4. The summed E-state index contributed by atoms with van der Waals surface area (Å²) in [7, 11) is 0. The van der Waals surface area contributed by atoms with Gasteiger partial charge in [-0.3, -0.25) is 14.4 Å². The van der Waals surface area contributed by atoms with Gasteiger partial charge in [-0.2, -0.15) is 0 Å². The molecule has 0 amide bonds. The maximum absolute atomic E-state index is 12.9. The first-order valence-corrected chi connectivity index (χ1v) is 34.1. The molecule has 0 aliphatic carbocycles. The van der Waals surface area contributed by atoms with Crippen LogP contribution in [0.1, 0.15) is 342 Å². The molecular formula is C73H128O6. The molecule has 0 rings (SSSR count). The number of hydrogen-bond donors (Lipinski definition) is 0. The van der Waals surface area contributed by atoms with Gasteiger partial charge in [-0.15, -0.1) is 0 Å². The summed E-state index contributed by atoms with van der Waals surface area (Å²) in [4.78, 5) is 38.3. The van der Waals surface area contributed by atoms with Crippen molar-refractivity contribution in [2.24, 2.45) is 0 Å². The van der Waals surface area contributed by atoms with Crippen molar-refractivity contribution in [2.75, 3.05) is 13.2 Å². The molecule has 0 spiro atoms. The highest BCUT2D eigenvalue weighted by atomic mass is 16.6. The van der Waals surface area contributed by atoms with Crippen molar-refractivity contribution in [1.29, 1.82) is 0 Å². The van der Waals surface area contributed by atoms with Gasteiger partial charge in [0, 0.05) is 19.3 Å². The second kappa shape index (κ2) is 67.1. The van der Waals surface area contributed by atoms with Crippen molar-refractivity contribution in [1.82, 2.24) is 0 Å². The predicted octanol–water partition coefficient (Wildman–Crippen LogP) is 23.4. The van der Waals surface area contributed by atoms with E-state index >= 15 is 0 Å². The molecule has 0 fully saturated rings. The SMILES string of the molecule is CC/C=C\C/C=C\C/C=C\C/C=C\CCCCCCCCCCCCCCCCCCCCC(=O)OCC(COC(=O)CCCCCCC/C=C\CCCCCCC)OC(=O)CCCCCCC/C=C\C/C=C\CCCCCC. The monoisotopic (exact) mass is 1100 g/mol. The van der Waals surface area contributed by atoms with Crippen LogP contribution in [0.15, 0.2) is 85.1 Å². The van der Waals surface area contributed by atoms with Gasteiger partial charge in [0.1, 0.15) is 13.2 Å². The van der Waals surface area contributed by atoms with Gasteiger partial charge in [-0.25, -0.2) is 0 Å². The van der Waals surface area contributed by atoms with Gasteiger partial charge in [0.25, 0.3) is 0 Å². The van der Waals surface area contributed by atoms with Crippen molar-refractivity contribution in [3.05, 3.63) is 85.1 Å². The molecular weight excluding hydrogens is 973 g/mol. The molecule has 0 saturated carbocycles. The first-order chi connectivity index (χ1) is 39.0. The third-order valence-electron chi connectivity index (χ3n) is 14.9. The lowest BCUT2D eigenvalue weighted by Crippen LogP contribution is -2.30. The molecule has 1 unspecified atom stereocenters. The Hall–Kier alpha value is -3.41. The molecule has 456 valence electrons. The topological polar surface area (TPSA) is 78.9 Å². The molecule has 0 aromatic rings. The molecule has 6 nitrogen and oxygen atoms in total. The Kier molecular flexibility index (Phi) is 64.2. The average molecular weight is 1100 g/mol. The van der Waals surface area contributed by atoms with Crippen LogP contribution >= 0.6 is 0 Å². The molecule has 0 heterocycles. The van der Waals surface area contributed by atoms with Gasteiger partial charge in [0.05, 0.1) is 0 Å². The fraction of sp³-hybridized carbons (Fsp3) is 0.767. The fourth-order valence-electron chi connectivity index (χ4n) is 9.76. The Labute approximate surface area is 490 Å². The molecule has 0 aromatic carbocycles. The number of esters is 3. The highest BCUT2D eigenvalue weighted by Gasteiger charge is 2.19. The lowest BCUT2D eigenvalue weighted by molar-refractivity contribution is -0.167. The summed E-state index contributed by atoms with van der Waals surface area (Å²) in [6, 6.07) is 0. The van der Waals surface area contributed by atoms with Crippen LogP contribution in [-0.2, 0) is 28.6 Å². The number of carbonyl (C=O) groups excluding carboxylic acids is 3. The van der Waals surface area contributed by atoms with E-state index in [0.717, 1.165) is 116 Å². The highest BCUT2D eigenvalue weighted by molar-refractivity contribution is 5.71. The number of rotatable bonds is 62. The van der Waals surface area contributed by atoms with Crippen molar-refractivity contribution >= 4 is 17.9 Å². The highest BCUT2D eigenvalue weighted by Crippen LogP contribution is 2.17. The van der Waals surface area contributed by atoms with Gasteiger partial charge in [0.15, 0.2) is 6.10 Å². The minimum atomic E-state index is -0.786. The molecule has 79 heavy (non-hydrogen) atoms. The lowest BCUT2D eigenvalue weighted by atomic mass is 10.0. The van der Waals surface area contributed by atoms with E-state index < -0.39 is 6.10 Å². The Balaban J connectivity index is 4.20. The Bertz CT molecular complexity index is 1500. The maximum atomic E-state index is 12.9.